The fourth-order valence-electron chi connectivity index (χ4n) is 3.11. The molecule has 1 aliphatic carbocycles. The smallest absolute Gasteiger partial charge is 0.251 e. The van der Waals surface area contributed by atoms with Crippen molar-refractivity contribution in [2.45, 2.75) is 59.5 Å². The van der Waals surface area contributed by atoms with Gasteiger partial charge in [0.25, 0.3) is 5.91 Å². The van der Waals surface area contributed by atoms with E-state index < -0.39 is 0 Å². The van der Waals surface area contributed by atoms with Gasteiger partial charge in [-0.05, 0) is 71.9 Å². The summed E-state index contributed by atoms with van der Waals surface area (Å²) in [6.45, 7) is 14.5. The Balaban J connectivity index is 2.16. The van der Waals surface area contributed by atoms with Crippen LogP contribution in [0, 0.1) is 0 Å². The monoisotopic (exact) mass is 399 g/mol. The Morgan fingerprint density at radius 2 is 1.93 bits per heavy atom. The van der Waals surface area contributed by atoms with Gasteiger partial charge in [-0.1, -0.05) is 11.6 Å². The van der Waals surface area contributed by atoms with Gasteiger partial charge < -0.3 is 20.1 Å². The van der Waals surface area contributed by atoms with Gasteiger partial charge in [0, 0.05) is 23.2 Å². The Hall–Kier alpha value is -2.76. The van der Waals surface area contributed by atoms with E-state index in [4.69, 9.17) is 9.47 Å². The molecule has 1 aliphatic rings. The molecule has 1 fully saturated rings. The van der Waals surface area contributed by atoms with Crippen molar-refractivity contribution >= 4 is 12.6 Å². The molecule has 29 heavy (non-hydrogen) atoms. The van der Waals surface area contributed by atoms with Crippen molar-refractivity contribution in [2.75, 3.05) is 13.7 Å². The summed E-state index contributed by atoms with van der Waals surface area (Å²) in [6, 6.07) is 5.66. The highest BCUT2D eigenvalue weighted by atomic mass is 16.5. The summed E-state index contributed by atoms with van der Waals surface area (Å²) in [4.78, 5) is 17.1. The molecule has 2 rings (SSSR count). The number of carbonyl (C=O) groups is 1. The number of nitrogens with one attached hydrogen (secondary N) is 2. The van der Waals surface area contributed by atoms with E-state index in [0.717, 1.165) is 29.6 Å². The van der Waals surface area contributed by atoms with Gasteiger partial charge in [0.15, 0.2) is 11.5 Å². The molecule has 1 amide bonds. The van der Waals surface area contributed by atoms with E-state index in [1.165, 1.54) is 0 Å². The summed E-state index contributed by atoms with van der Waals surface area (Å²) in [6.07, 6.45) is 2.18. The summed E-state index contributed by atoms with van der Waals surface area (Å²) in [5.74, 6) is 1.87. The maximum Gasteiger partial charge on any atom is 0.251 e. The van der Waals surface area contributed by atoms with E-state index in [0.29, 0.717) is 36.0 Å². The van der Waals surface area contributed by atoms with Crippen LogP contribution in [0.2, 0.25) is 0 Å². The number of hydrogen-bond donors (Lipinski definition) is 2. The summed E-state index contributed by atoms with van der Waals surface area (Å²) in [5.41, 5.74) is 3.34. The van der Waals surface area contributed by atoms with Crippen LogP contribution in [0.4, 0.5) is 0 Å². The number of aliphatic imine (C=N–C) groups is 1. The van der Waals surface area contributed by atoms with Gasteiger partial charge in [-0.3, -0.25) is 4.79 Å². The number of benzene rings is 1. The van der Waals surface area contributed by atoms with Crippen LogP contribution in [-0.4, -0.2) is 31.9 Å². The van der Waals surface area contributed by atoms with E-state index in [1.807, 2.05) is 45.9 Å². The van der Waals surface area contributed by atoms with Gasteiger partial charge in [-0.15, -0.1) is 0 Å². The lowest BCUT2D eigenvalue weighted by Crippen LogP contribution is -2.30. The average molecular weight is 400 g/mol. The Bertz CT molecular complexity index is 832. The zero-order valence-corrected chi connectivity index (χ0v) is 18.4. The molecule has 1 aromatic rings. The number of methoxy groups -OCH3 is 1. The number of carbonyl (C=O) groups excluding carboxylic acids is 1. The number of allylic oxidation sites excluding steroid dienone is 1. The van der Waals surface area contributed by atoms with Gasteiger partial charge in [0.2, 0.25) is 0 Å². The Kier molecular flexibility index (Phi) is 7.48. The van der Waals surface area contributed by atoms with Crippen molar-refractivity contribution in [1.82, 2.24) is 10.6 Å². The highest BCUT2D eigenvalue weighted by molar-refractivity contribution is 5.98. The molecule has 1 aromatic carbocycles. The Morgan fingerprint density at radius 3 is 2.45 bits per heavy atom. The van der Waals surface area contributed by atoms with Crippen LogP contribution in [0.3, 0.4) is 0 Å². The van der Waals surface area contributed by atoms with Gasteiger partial charge in [-0.25, -0.2) is 4.99 Å². The van der Waals surface area contributed by atoms with E-state index in [-0.39, 0.29) is 11.4 Å². The average Bonchev–Trinajstić information content (AvgIpc) is 3.42. The third-order valence-corrected chi connectivity index (χ3v) is 5.02. The summed E-state index contributed by atoms with van der Waals surface area (Å²) >= 11 is 0. The maximum atomic E-state index is 13.0. The molecule has 158 valence electrons. The molecule has 6 heteroatoms. The Morgan fingerprint density at radius 1 is 1.24 bits per heavy atom. The number of ether oxygens (including phenoxy) is 2. The lowest BCUT2D eigenvalue weighted by molar-refractivity contribution is -0.117. The lowest BCUT2D eigenvalue weighted by atomic mass is 10.0. The van der Waals surface area contributed by atoms with Crippen LogP contribution < -0.4 is 20.1 Å². The predicted octanol–water partition coefficient (Wildman–Crippen LogP) is 4.12. The number of hydrogen-bond acceptors (Lipinski definition) is 5. The Labute approximate surface area is 174 Å². The van der Waals surface area contributed by atoms with E-state index in [2.05, 4.69) is 29.3 Å². The quantitative estimate of drug-likeness (QED) is 0.353. The molecule has 0 radical (unpaired) electrons. The van der Waals surface area contributed by atoms with Crippen molar-refractivity contribution in [1.29, 1.82) is 0 Å². The molecule has 6 nitrogen and oxygen atoms in total. The normalized spacial score (nSPS) is 15.0. The fraction of sp³-hybridized carbons (Fsp3) is 0.478. The van der Waals surface area contributed by atoms with Crippen molar-refractivity contribution in [3.63, 3.8) is 0 Å². The van der Waals surface area contributed by atoms with Crippen LogP contribution in [0.15, 0.2) is 45.7 Å². The summed E-state index contributed by atoms with van der Waals surface area (Å²) < 4.78 is 10.9. The van der Waals surface area contributed by atoms with Gasteiger partial charge >= 0.3 is 0 Å². The maximum absolute atomic E-state index is 13.0. The second kappa shape index (κ2) is 9.63. The SMILES string of the molecule is C=N/C(NC1(C)CC1)=C(\C)C(C(=O)NCc1ccc(OCC)c(OC)c1)=C(C)C. The molecule has 1 saturated carbocycles. The summed E-state index contributed by atoms with van der Waals surface area (Å²) in [5, 5.41) is 6.42. The van der Waals surface area contributed by atoms with Crippen LogP contribution in [0.5, 0.6) is 11.5 Å². The predicted molar refractivity (Wildman–Crippen MR) is 117 cm³/mol. The molecule has 0 unspecified atom stereocenters. The van der Waals surface area contributed by atoms with Crippen LogP contribution in [0.25, 0.3) is 0 Å². The zero-order valence-electron chi connectivity index (χ0n) is 18.4. The molecule has 0 spiro atoms. The number of amides is 1. The largest absolute Gasteiger partial charge is 0.493 e. The third-order valence-electron chi connectivity index (χ3n) is 5.02. The van der Waals surface area contributed by atoms with Gasteiger partial charge in [-0.2, -0.15) is 0 Å². The first-order chi connectivity index (χ1) is 13.7. The first-order valence-corrected chi connectivity index (χ1v) is 9.96. The van der Waals surface area contributed by atoms with Crippen molar-refractivity contribution in [3.05, 3.63) is 46.3 Å². The second-order valence-corrected chi connectivity index (χ2v) is 7.79. The number of nitrogens with zero attached hydrogens (tertiary/aromatic N) is 1. The topological polar surface area (TPSA) is 72.0 Å². The summed E-state index contributed by atoms with van der Waals surface area (Å²) in [7, 11) is 1.60. The standard InChI is InChI=1S/C23H33N3O3/c1-8-29-18-10-9-17(13-19(18)28-7)14-25-22(27)20(15(2)3)16(4)21(24-6)26-23(5)11-12-23/h9-10,13,26H,6,8,11-12,14H2,1-5,7H3,(H,25,27)/b21-16-. The van der Waals surface area contributed by atoms with Crippen molar-refractivity contribution in [2.24, 2.45) is 4.99 Å². The minimum absolute atomic E-state index is 0.0554. The van der Waals surface area contributed by atoms with Crippen molar-refractivity contribution in [3.8, 4) is 11.5 Å². The minimum atomic E-state index is -0.140. The van der Waals surface area contributed by atoms with E-state index >= 15 is 0 Å². The molecule has 2 N–H and O–H groups in total. The minimum Gasteiger partial charge on any atom is -0.493 e. The molecule has 0 heterocycles. The first kappa shape index (κ1) is 22.5. The molecule has 0 aromatic heterocycles. The van der Waals surface area contributed by atoms with E-state index in [9.17, 15) is 4.79 Å². The highest BCUT2D eigenvalue weighted by Gasteiger charge is 2.38. The molecule has 0 saturated heterocycles. The molecular formula is C23H33N3O3. The molecule has 0 aliphatic heterocycles. The third kappa shape index (κ3) is 5.86. The lowest BCUT2D eigenvalue weighted by Gasteiger charge is -2.19. The van der Waals surface area contributed by atoms with Gasteiger partial charge in [0.05, 0.1) is 13.7 Å². The van der Waals surface area contributed by atoms with Crippen LogP contribution in [-0.2, 0) is 11.3 Å². The van der Waals surface area contributed by atoms with E-state index in [1.54, 1.807) is 7.11 Å². The zero-order chi connectivity index (χ0) is 21.6. The fourth-order valence-corrected chi connectivity index (χ4v) is 3.11. The van der Waals surface area contributed by atoms with Gasteiger partial charge in [0.1, 0.15) is 5.82 Å². The highest BCUT2D eigenvalue weighted by Crippen LogP contribution is 2.36. The number of rotatable bonds is 10. The first-order valence-electron chi connectivity index (χ1n) is 9.96. The van der Waals surface area contributed by atoms with Crippen LogP contribution in [0.1, 0.15) is 53.0 Å². The molecular weight excluding hydrogens is 366 g/mol. The van der Waals surface area contributed by atoms with Crippen LogP contribution >= 0.6 is 0 Å². The van der Waals surface area contributed by atoms with Crippen molar-refractivity contribution < 1.29 is 14.3 Å². The molecule has 0 bridgehead atoms. The second-order valence-electron chi connectivity index (χ2n) is 7.79. The molecule has 0 atom stereocenters.